The molecule has 24 heavy (non-hydrogen) atoms. The van der Waals surface area contributed by atoms with Crippen molar-refractivity contribution in [2.75, 3.05) is 12.4 Å². The van der Waals surface area contributed by atoms with Gasteiger partial charge in [-0.15, -0.1) is 0 Å². The fourth-order valence-electron chi connectivity index (χ4n) is 2.04. The first-order valence-electron chi connectivity index (χ1n) is 7.64. The van der Waals surface area contributed by atoms with Crippen LogP contribution in [0.25, 0.3) is 6.08 Å². The van der Waals surface area contributed by atoms with E-state index in [1.54, 1.807) is 30.3 Å². The number of sulfone groups is 1. The Bertz CT molecular complexity index is 791. The number of aryl methyl sites for hydroxylation is 1. The average molecular weight is 344 g/mol. The summed E-state index contributed by atoms with van der Waals surface area (Å²) in [7, 11) is -3.46. The maximum Gasteiger partial charge on any atom is 0.307 e. The third-order valence-electron chi connectivity index (χ3n) is 3.41. The van der Waals surface area contributed by atoms with E-state index in [0.717, 1.165) is 11.1 Å². The molecule has 5 heteroatoms. The molecule has 0 amide bonds. The molecular weight excluding hydrogens is 324 g/mol. The number of hydrogen-bond donors (Lipinski definition) is 0. The quantitative estimate of drug-likeness (QED) is 0.722. The number of carbonyl (C=O) groups excluding carboxylic acids is 1. The van der Waals surface area contributed by atoms with Crippen molar-refractivity contribution in [3.8, 4) is 0 Å². The number of benzene rings is 2. The smallest absolute Gasteiger partial charge is 0.307 e. The van der Waals surface area contributed by atoms with E-state index in [1.165, 1.54) is 0 Å². The van der Waals surface area contributed by atoms with Crippen LogP contribution in [0.15, 0.2) is 65.6 Å². The summed E-state index contributed by atoms with van der Waals surface area (Å²) in [6.07, 6.45) is 3.41. The Morgan fingerprint density at radius 2 is 1.71 bits per heavy atom. The van der Waals surface area contributed by atoms with Gasteiger partial charge in [0.15, 0.2) is 9.84 Å². The average Bonchev–Trinajstić information content (AvgIpc) is 2.58. The largest absolute Gasteiger partial charge is 0.461 e. The third-order valence-corrected chi connectivity index (χ3v) is 5.14. The molecule has 0 bridgehead atoms. The summed E-state index contributed by atoms with van der Waals surface area (Å²) in [6, 6.07) is 16.2. The van der Waals surface area contributed by atoms with Crippen LogP contribution in [-0.4, -0.2) is 26.7 Å². The number of ether oxygens (including phenoxy) is 1. The molecule has 0 atom stereocenters. The molecule has 126 valence electrons. The molecule has 0 spiro atoms. The lowest BCUT2D eigenvalue weighted by Gasteiger charge is -2.05. The van der Waals surface area contributed by atoms with Gasteiger partial charge in [0.1, 0.15) is 6.61 Å². The summed E-state index contributed by atoms with van der Waals surface area (Å²) >= 11 is 0. The van der Waals surface area contributed by atoms with Crippen molar-refractivity contribution in [1.82, 2.24) is 0 Å². The predicted octanol–water partition coefficient (Wildman–Crippen LogP) is 3.42. The molecule has 0 aliphatic heterocycles. The molecule has 4 nitrogen and oxygen atoms in total. The zero-order valence-corrected chi connectivity index (χ0v) is 14.3. The van der Waals surface area contributed by atoms with Crippen LogP contribution in [0.5, 0.6) is 0 Å². The van der Waals surface area contributed by atoms with Gasteiger partial charge in [-0.25, -0.2) is 8.42 Å². The van der Waals surface area contributed by atoms with E-state index >= 15 is 0 Å². The molecule has 0 heterocycles. The van der Waals surface area contributed by atoms with Crippen LogP contribution in [-0.2, 0) is 19.4 Å². The summed E-state index contributed by atoms with van der Waals surface area (Å²) in [5.41, 5.74) is 1.99. The zero-order valence-electron chi connectivity index (χ0n) is 13.5. The summed E-state index contributed by atoms with van der Waals surface area (Å²) in [4.78, 5) is 11.9. The minimum Gasteiger partial charge on any atom is -0.461 e. The van der Waals surface area contributed by atoms with Crippen molar-refractivity contribution >= 4 is 21.9 Å². The van der Waals surface area contributed by atoms with Crippen molar-refractivity contribution in [1.29, 1.82) is 0 Å². The predicted molar refractivity (Wildman–Crippen MR) is 94.3 cm³/mol. The van der Waals surface area contributed by atoms with Crippen molar-refractivity contribution < 1.29 is 17.9 Å². The third kappa shape index (κ3) is 5.66. The molecule has 0 N–H and O–H groups in total. The van der Waals surface area contributed by atoms with E-state index in [9.17, 15) is 13.2 Å². The lowest BCUT2D eigenvalue weighted by atomic mass is 10.2. The Morgan fingerprint density at radius 3 is 2.38 bits per heavy atom. The number of rotatable bonds is 7. The molecule has 0 saturated heterocycles. The van der Waals surface area contributed by atoms with Gasteiger partial charge in [0.25, 0.3) is 0 Å². The van der Waals surface area contributed by atoms with E-state index in [1.807, 2.05) is 43.3 Å². The van der Waals surface area contributed by atoms with E-state index in [2.05, 4.69) is 0 Å². The highest BCUT2D eigenvalue weighted by atomic mass is 32.2. The minimum absolute atomic E-state index is 0.123. The monoisotopic (exact) mass is 344 g/mol. The number of carbonyl (C=O) groups is 1. The van der Waals surface area contributed by atoms with Crippen LogP contribution in [0.3, 0.4) is 0 Å². The second kappa shape index (κ2) is 8.45. The van der Waals surface area contributed by atoms with Crippen molar-refractivity contribution in [3.05, 3.63) is 71.8 Å². The van der Waals surface area contributed by atoms with Crippen molar-refractivity contribution in [2.45, 2.75) is 18.2 Å². The van der Waals surface area contributed by atoms with Gasteiger partial charge in [0.05, 0.1) is 17.1 Å². The van der Waals surface area contributed by atoms with Gasteiger partial charge in [-0.1, -0.05) is 54.1 Å². The van der Waals surface area contributed by atoms with Gasteiger partial charge in [0.2, 0.25) is 0 Å². The SMILES string of the molecule is Cc1ccc(S(=O)(=O)CCC(=O)OC/C=C/c2ccccc2)cc1. The number of hydrogen-bond acceptors (Lipinski definition) is 4. The summed E-state index contributed by atoms with van der Waals surface area (Å²) in [5, 5.41) is 0. The standard InChI is InChI=1S/C19H20O4S/c1-16-9-11-18(12-10-16)24(21,22)15-13-19(20)23-14-5-8-17-6-3-2-4-7-17/h2-12H,13-15H2,1H3/b8-5+. The fourth-order valence-corrected chi connectivity index (χ4v) is 3.26. The summed E-state index contributed by atoms with van der Waals surface area (Å²) < 4.78 is 29.3. The van der Waals surface area contributed by atoms with E-state index in [4.69, 9.17) is 4.74 Å². The van der Waals surface area contributed by atoms with Gasteiger partial charge in [-0.05, 0) is 30.7 Å². The van der Waals surface area contributed by atoms with Crippen LogP contribution in [0.2, 0.25) is 0 Å². The molecule has 0 aromatic heterocycles. The molecule has 2 aromatic rings. The number of esters is 1. The minimum atomic E-state index is -3.46. The molecule has 0 unspecified atom stereocenters. The first-order valence-corrected chi connectivity index (χ1v) is 9.29. The fraction of sp³-hybridized carbons (Fsp3) is 0.211. The van der Waals surface area contributed by atoms with Crippen LogP contribution >= 0.6 is 0 Å². The highest BCUT2D eigenvalue weighted by Crippen LogP contribution is 2.13. The van der Waals surface area contributed by atoms with Gasteiger partial charge in [-0.2, -0.15) is 0 Å². The zero-order chi connectivity index (χ0) is 17.4. The molecular formula is C19H20O4S. The molecule has 2 rings (SSSR count). The van der Waals surface area contributed by atoms with Gasteiger partial charge in [0, 0.05) is 0 Å². The second-order valence-electron chi connectivity index (χ2n) is 5.38. The van der Waals surface area contributed by atoms with Crippen molar-refractivity contribution in [2.24, 2.45) is 0 Å². The second-order valence-corrected chi connectivity index (χ2v) is 7.49. The maximum atomic E-state index is 12.1. The Morgan fingerprint density at radius 1 is 1.04 bits per heavy atom. The molecule has 0 fully saturated rings. The van der Waals surface area contributed by atoms with Crippen LogP contribution in [0.1, 0.15) is 17.5 Å². The molecule has 0 radical (unpaired) electrons. The van der Waals surface area contributed by atoms with Crippen LogP contribution < -0.4 is 0 Å². The highest BCUT2D eigenvalue weighted by molar-refractivity contribution is 7.91. The molecule has 2 aromatic carbocycles. The highest BCUT2D eigenvalue weighted by Gasteiger charge is 2.16. The van der Waals surface area contributed by atoms with Gasteiger partial charge < -0.3 is 4.74 Å². The molecule has 0 aliphatic rings. The van der Waals surface area contributed by atoms with Crippen LogP contribution in [0.4, 0.5) is 0 Å². The molecule has 0 saturated carbocycles. The molecule has 0 aliphatic carbocycles. The Labute approximate surface area is 142 Å². The Kier molecular flexibility index (Phi) is 6.32. The normalized spacial score (nSPS) is 11.5. The van der Waals surface area contributed by atoms with Gasteiger partial charge in [-0.3, -0.25) is 4.79 Å². The first kappa shape index (κ1) is 17.9. The lowest BCUT2D eigenvalue weighted by Crippen LogP contribution is -2.13. The van der Waals surface area contributed by atoms with E-state index in [0.29, 0.717) is 0 Å². The maximum absolute atomic E-state index is 12.1. The Hall–Kier alpha value is -2.40. The van der Waals surface area contributed by atoms with Crippen molar-refractivity contribution in [3.63, 3.8) is 0 Å². The van der Waals surface area contributed by atoms with Crippen LogP contribution in [0, 0.1) is 6.92 Å². The first-order chi connectivity index (χ1) is 11.5. The summed E-state index contributed by atoms with van der Waals surface area (Å²) in [5.74, 6) is -0.777. The topological polar surface area (TPSA) is 60.4 Å². The Balaban J connectivity index is 1.78. The summed E-state index contributed by atoms with van der Waals surface area (Å²) in [6.45, 7) is 2.01. The van der Waals surface area contributed by atoms with E-state index in [-0.39, 0.29) is 23.7 Å². The van der Waals surface area contributed by atoms with Gasteiger partial charge >= 0.3 is 5.97 Å². The lowest BCUT2D eigenvalue weighted by molar-refractivity contribution is -0.141. The van der Waals surface area contributed by atoms with E-state index < -0.39 is 15.8 Å².